The molecule has 2 aliphatic rings. The number of anilines is 1. The van der Waals surface area contributed by atoms with Crippen LogP contribution in [0.2, 0.25) is 0 Å². The molecule has 128 valence electrons. The number of nitrogens with zero attached hydrogens (tertiary/aromatic N) is 4. The quantitative estimate of drug-likeness (QED) is 0.426. The Morgan fingerprint density at radius 1 is 1.30 bits per heavy atom. The van der Waals surface area contributed by atoms with Crippen molar-refractivity contribution in [2.75, 3.05) is 24.5 Å². The molecule has 3 rings (SSSR count). The molecule has 1 aliphatic carbocycles. The molecule has 7 heteroatoms. The summed E-state index contributed by atoms with van der Waals surface area (Å²) in [7, 11) is 0. The lowest BCUT2D eigenvalue weighted by molar-refractivity contribution is 0.315. The van der Waals surface area contributed by atoms with Crippen LogP contribution < -0.4 is 16.0 Å². The van der Waals surface area contributed by atoms with Crippen molar-refractivity contribution in [2.24, 2.45) is 16.6 Å². The van der Waals surface area contributed by atoms with E-state index in [-0.39, 0.29) is 24.0 Å². The molecule has 0 atom stereocenters. The average molecular weight is 430 g/mol. The summed E-state index contributed by atoms with van der Waals surface area (Å²) in [6.45, 7) is 5.56. The molecule has 0 radical (unpaired) electrons. The Morgan fingerprint density at radius 3 is 2.70 bits per heavy atom. The number of hydrogen-bond donors (Lipinski definition) is 2. The molecule has 0 bridgehead atoms. The minimum absolute atomic E-state index is 0. The van der Waals surface area contributed by atoms with E-state index < -0.39 is 0 Å². The van der Waals surface area contributed by atoms with Crippen molar-refractivity contribution < 1.29 is 0 Å². The van der Waals surface area contributed by atoms with E-state index in [1.165, 1.54) is 32.1 Å². The van der Waals surface area contributed by atoms with Gasteiger partial charge in [-0.3, -0.25) is 0 Å². The number of rotatable bonds is 5. The summed E-state index contributed by atoms with van der Waals surface area (Å²) >= 11 is 0. The van der Waals surface area contributed by atoms with Gasteiger partial charge in [-0.2, -0.15) is 0 Å². The van der Waals surface area contributed by atoms with Crippen molar-refractivity contribution in [1.29, 1.82) is 0 Å². The number of nitrogens with one attached hydrogen (secondary N) is 1. The van der Waals surface area contributed by atoms with Crippen LogP contribution in [0.15, 0.2) is 11.1 Å². The van der Waals surface area contributed by atoms with Crippen molar-refractivity contribution in [2.45, 2.75) is 45.6 Å². The summed E-state index contributed by atoms with van der Waals surface area (Å²) in [5.74, 6) is 2.13. The van der Waals surface area contributed by atoms with Crippen LogP contribution in [0, 0.1) is 12.8 Å². The predicted octanol–water partition coefficient (Wildman–Crippen LogP) is 2.21. The van der Waals surface area contributed by atoms with Gasteiger partial charge in [0.05, 0.1) is 12.2 Å². The van der Waals surface area contributed by atoms with Gasteiger partial charge in [-0.15, -0.1) is 24.0 Å². The fourth-order valence-electron chi connectivity index (χ4n) is 2.92. The zero-order chi connectivity index (χ0) is 15.4. The minimum Gasteiger partial charge on any atom is -0.370 e. The molecule has 6 nitrogen and oxygen atoms in total. The summed E-state index contributed by atoms with van der Waals surface area (Å²) in [6, 6.07) is 1.99. The van der Waals surface area contributed by atoms with Gasteiger partial charge in [0.25, 0.3) is 0 Å². The largest absolute Gasteiger partial charge is 0.370 e. The van der Waals surface area contributed by atoms with Crippen LogP contribution in [-0.4, -0.2) is 35.6 Å². The molecule has 2 heterocycles. The fourth-order valence-corrected chi connectivity index (χ4v) is 2.92. The van der Waals surface area contributed by atoms with Crippen molar-refractivity contribution in [3.63, 3.8) is 0 Å². The number of halogens is 1. The molecule has 0 amide bonds. The lowest BCUT2D eigenvalue weighted by Crippen LogP contribution is -2.37. The predicted molar refractivity (Wildman–Crippen MR) is 104 cm³/mol. The second-order valence-electron chi connectivity index (χ2n) is 6.37. The Balaban J connectivity index is 0.00000192. The zero-order valence-electron chi connectivity index (χ0n) is 13.8. The summed E-state index contributed by atoms with van der Waals surface area (Å²) in [5, 5.41) is 3.21. The number of nitrogens with two attached hydrogens (primary N) is 1. The molecule has 2 fully saturated rings. The van der Waals surface area contributed by atoms with Gasteiger partial charge < -0.3 is 16.0 Å². The fraction of sp³-hybridized carbons (Fsp3) is 0.688. The molecular weight excluding hydrogens is 403 g/mol. The number of hydrogen-bond acceptors (Lipinski definition) is 4. The minimum atomic E-state index is 0. The van der Waals surface area contributed by atoms with Gasteiger partial charge in [-0.1, -0.05) is 6.42 Å². The highest BCUT2D eigenvalue weighted by Crippen LogP contribution is 2.25. The Kier molecular flexibility index (Phi) is 6.86. The molecule has 23 heavy (non-hydrogen) atoms. The van der Waals surface area contributed by atoms with E-state index in [1.807, 2.05) is 13.0 Å². The van der Waals surface area contributed by atoms with Crippen molar-refractivity contribution in [3.8, 4) is 0 Å². The summed E-state index contributed by atoms with van der Waals surface area (Å²) in [6.07, 6.45) is 6.42. The third-order valence-electron chi connectivity index (χ3n) is 4.49. The lowest BCUT2D eigenvalue weighted by Gasteiger charge is -2.25. The maximum Gasteiger partial charge on any atom is 0.225 e. The maximum absolute atomic E-state index is 5.93. The van der Waals surface area contributed by atoms with Crippen LogP contribution in [0.4, 0.5) is 5.95 Å². The first kappa shape index (κ1) is 18.2. The normalized spacial score (nSPS) is 18.5. The molecule has 1 aromatic heterocycles. The van der Waals surface area contributed by atoms with Gasteiger partial charge in [0.1, 0.15) is 0 Å². The molecule has 1 aromatic rings. The first-order valence-electron chi connectivity index (χ1n) is 8.34. The Hall–Kier alpha value is -1.12. The first-order valence-corrected chi connectivity index (χ1v) is 8.34. The van der Waals surface area contributed by atoms with E-state index in [4.69, 9.17) is 5.73 Å². The van der Waals surface area contributed by atoms with E-state index >= 15 is 0 Å². The van der Waals surface area contributed by atoms with Gasteiger partial charge in [0, 0.05) is 25.3 Å². The number of aromatic nitrogens is 2. The Labute approximate surface area is 155 Å². The van der Waals surface area contributed by atoms with E-state index in [2.05, 4.69) is 25.2 Å². The lowest BCUT2D eigenvalue weighted by atomic mass is 9.85. The molecule has 1 aliphatic heterocycles. The van der Waals surface area contributed by atoms with E-state index in [1.54, 1.807) is 0 Å². The van der Waals surface area contributed by atoms with Crippen LogP contribution in [-0.2, 0) is 6.54 Å². The van der Waals surface area contributed by atoms with Crippen molar-refractivity contribution in [1.82, 2.24) is 15.3 Å². The Bertz CT molecular complexity index is 537. The van der Waals surface area contributed by atoms with Crippen molar-refractivity contribution in [3.05, 3.63) is 17.5 Å². The maximum atomic E-state index is 5.93. The smallest absolute Gasteiger partial charge is 0.225 e. The second kappa shape index (κ2) is 8.65. The molecule has 1 saturated heterocycles. The average Bonchev–Trinajstić information content (AvgIpc) is 2.97. The van der Waals surface area contributed by atoms with Crippen LogP contribution in [0.3, 0.4) is 0 Å². The number of aryl methyl sites for hydroxylation is 1. The highest BCUT2D eigenvalue weighted by molar-refractivity contribution is 14.0. The highest BCUT2D eigenvalue weighted by Gasteiger charge is 2.17. The summed E-state index contributed by atoms with van der Waals surface area (Å²) in [5.41, 5.74) is 7.85. The first-order chi connectivity index (χ1) is 10.7. The SMILES string of the molecule is Cc1cc(CN=C(N)NCC2CCC2)nc(N2CCCC2)n1.I. The van der Waals surface area contributed by atoms with E-state index in [0.29, 0.717) is 12.5 Å². The number of aliphatic imine (C=N–C) groups is 1. The molecule has 1 saturated carbocycles. The standard InChI is InChI=1S/C16H26N6.HI/c1-12-9-14(21-16(20-12)22-7-2-3-8-22)11-19-15(17)18-10-13-5-4-6-13;/h9,13H,2-8,10-11H2,1H3,(H3,17,18,19);1H. The third kappa shape index (κ3) is 5.19. The third-order valence-corrected chi connectivity index (χ3v) is 4.49. The molecular formula is C16H27IN6. The van der Waals surface area contributed by atoms with Crippen LogP contribution >= 0.6 is 24.0 Å². The molecule has 0 aromatic carbocycles. The van der Waals surface area contributed by atoms with Gasteiger partial charge in [0.2, 0.25) is 5.95 Å². The van der Waals surface area contributed by atoms with Crippen molar-refractivity contribution >= 4 is 35.9 Å². The monoisotopic (exact) mass is 430 g/mol. The van der Waals surface area contributed by atoms with E-state index in [9.17, 15) is 0 Å². The van der Waals surface area contributed by atoms with Gasteiger partial charge >= 0.3 is 0 Å². The van der Waals surface area contributed by atoms with E-state index in [0.717, 1.165) is 42.9 Å². The molecule has 3 N–H and O–H groups in total. The highest BCUT2D eigenvalue weighted by atomic mass is 127. The topological polar surface area (TPSA) is 79.4 Å². The van der Waals surface area contributed by atoms with Crippen LogP contribution in [0.25, 0.3) is 0 Å². The number of guanidine groups is 1. The molecule has 0 spiro atoms. The van der Waals surface area contributed by atoms with Gasteiger partial charge in [-0.05, 0) is 44.6 Å². The van der Waals surface area contributed by atoms with Crippen LogP contribution in [0.1, 0.15) is 43.5 Å². The van der Waals surface area contributed by atoms with Gasteiger partial charge in [-0.25, -0.2) is 15.0 Å². The summed E-state index contributed by atoms with van der Waals surface area (Å²) in [4.78, 5) is 15.8. The molecule has 0 unspecified atom stereocenters. The second-order valence-corrected chi connectivity index (χ2v) is 6.37. The summed E-state index contributed by atoms with van der Waals surface area (Å²) < 4.78 is 0. The van der Waals surface area contributed by atoms with Gasteiger partial charge in [0.15, 0.2) is 5.96 Å². The zero-order valence-corrected chi connectivity index (χ0v) is 16.1. The Morgan fingerprint density at radius 2 is 2.04 bits per heavy atom. The van der Waals surface area contributed by atoms with Crippen LogP contribution in [0.5, 0.6) is 0 Å².